The van der Waals surface area contributed by atoms with Gasteiger partial charge in [0.2, 0.25) is 0 Å². The monoisotopic (exact) mass is 189 g/mol. The highest BCUT2D eigenvalue weighted by atomic mass is 16.5. The highest BCUT2D eigenvalue weighted by Gasteiger charge is 2.06. The standard InChI is InChI=1S/C10H23NO2/c1-9(10(2)11)5-8-13-7-4-6-12-3/h9-10H,4-8,11H2,1-3H3. The second kappa shape index (κ2) is 8.48. The fourth-order valence-corrected chi connectivity index (χ4v) is 0.940. The van der Waals surface area contributed by atoms with Crippen LogP contribution in [0.15, 0.2) is 0 Å². The van der Waals surface area contributed by atoms with E-state index < -0.39 is 0 Å². The van der Waals surface area contributed by atoms with E-state index >= 15 is 0 Å². The van der Waals surface area contributed by atoms with Crippen molar-refractivity contribution >= 4 is 0 Å². The van der Waals surface area contributed by atoms with Crippen LogP contribution in [0.5, 0.6) is 0 Å². The second-order valence-corrected chi connectivity index (χ2v) is 3.58. The first kappa shape index (κ1) is 12.9. The molecule has 0 radical (unpaired) electrons. The Balaban J connectivity index is 3.07. The summed E-state index contributed by atoms with van der Waals surface area (Å²) in [4.78, 5) is 0. The normalized spacial score (nSPS) is 15.7. The van der Waals surface area contributed by atoms with Gasteiger partial charge in [0.1, 0.15) is 0 Å². The van der Waals surface area contributed by atoms with Crippen LogP contribution in [-0.2, 0) is 9.47 Å². The Hall–Kier alpha value is -0.120. The summed E-state index contributed by atoms with van der Waals surface area (Å²) in [5, 5.41) is 0. The third kappa shape index (κ3) is 8.22. The zero-order chi connectivity index (χ0) is 10.1. The minimum absolute atomic E-state index is 0.266. The predicted octanol–water partition coefficient (Wildman–Crippen LogP) is 1.41. The summed E-state index contributed by atoms with van der Waals surface area (Å²) in [6, 6.07) is 0.266. The average molecular weight is 189 g/mol. The molecule has 2 unspecified atom stereocenters. The van der Waals surface area contributed by atoms with Gasteiger partial charge in [0.25, 0.3) is 0 Å². The number of nitrogens with two attached hydrogens (primary N) is 1. The van der Waals surface area contributed by atoms with Crippen LogP contribution < -0.4 is 5.73 Å². The molecule has 0 aromatic heterocycles. The van der Waals surface area contributed by atoms with Crippen molar-refractivity contribution in [2.24, 2.45) is 11.7 Å². The van der Waals surface area contributed by atoms with Crippen LogP contribution in [0.25, 0.3) is 0 Å². The molecule has 0 aliphatic carbocycles. The average Bonchev–Trinajstić information content (AvgIpc) is 2.10. The van der Waals surface area contributed by atoms with Crippen LogP contribution in [0.4, 0.5) is 0 Å². The molecule has 0 fully saturated rings. The van der Waals surface area contributed by atoms with Gasteiger partial charge in [-0.3, -0.25) is 0 Å². The van der Waals surface area contributed by atoms with Gasteiger partial charge < -0.3 is 15.2 Å². The lowest BCUT2D eigenvalue weighted by atomic mass is 10.0. The van der Waals surface area contributed by atoms with Gasteiger partial charge in [-0.2, -0.15) is 0 Å². The highest BCUT2D eigenvalue weighted by Crippen LogP contribution is 2.05. The molecule has 3 nitrogen and oxygen atoms in total. The molecule has 0 aliphatic rings. The number of rotatable bonds is 8. The van der Waals surface area contributed by atoms with Crippen molar-refractivity contribution in [2.45, 2.75) is 32.7 Å². The molecule has 80 valence electrons. The summed E-state index contributed by atoms with van der Waals surface area (Å²) in [6.45, 7) is 6.58. The first-order valence-corrected chi connectivity index (χ1v) is 5.00. The fourth-order valence-electron chi connectivity index (χ4n) is 0.940. The molecule has 13 heavy (non-hydrogen) atoms. The van der Waals surface area contributed by atoms with E-state index in [0.29, 0.717) is 5.92 Å². The third-order valence-electron chi connectivity index (χ3n) is 2.25. The first-order valence-electron chi connectivity index (χ1n) is 5.00. The van der Waals surface area contributed by atoms with Crippen LogP contribution in [0.2, 0.25) is 0 Å². The van der Waals surface area contributed by atoms with Gasteiger partial charge in [0.05, 0.1) is 0 Å². The summed E-state index contributed by atoms with van der Waals surface area (Å²) in [6.07, 6.45) is 2.02. The Morgan fingerprint density at radius 1 is 1.15 bits per heavy atom. The number of methoxy groups -OCH3 is 1. The van der Waals surface area contributed by atoms with Crippen molar-refractivity contribution in [1.82, 2.24) is 0 Å². The molecule has 2 N–H and O–H groups in total. The van der Waals surface area contributed by atoms with Crippen LogP contribution in [0, 0.1) is 5.92 Å². The van der Waals surface area contributed by atoms with Crippen LogP contribution in [-0.4, -0.2) is 33.0 Å². The van der Waals surface area contributed by atoms with Gasteiger partial charge in [-0.05, 0) is 25.7 Å². The smallest absolute Gasteiger partial charge is 0.0487 e. The summed E-state index contributed by atoms with van der Waals surface area (Å²) in [5.41, 5.74) is 5.72. The molecule has 3 heteroatoms. The maximum Gasteiger partial charge on any atom is 0.0487 e. The molecule has 2 atom stereocenters. The lowest BCUT2D eigenvalue weighted by Gasteiger charge is -2.14. The Kier molecular flexibility index (Phi) is 8.40. The summed E-state index contributed by atoms with van der Waals surface area (Å²) < 4.78 is 10.3. The predicted molar refractivity (Wildman–Crippen MR) is 54.7 cm³/mol. The SMILES string of the molecule is COCCCOCCC(C)C(C)N. The van der Waals surface area contributed by atoms with E-state index in [1.165, 1.54) is 0 Å². The van der Waals surface area contributed by atoms with E-state index in [2.05, 4.69) is 6.92 Å². The Labute approximate surface area is 81.6 Å². The van der Waals surface area contributed by atoms with Crippen LogP contribution in [0.3, 0.4) is 0 Å². The molecular weight excluding hydrogens is 166 g/mol. The molecule has 0 aromatic rings. The summed E-state index contributed by atoms with van der Waals surface area (Å²) in [7, 11) is 1.71. The summed E-state index contributed by atoms with van der Waals surface area (Å²) >= 11 is 0. The van der Waals surface area contributed by atoms with Gasteiger partial charge in [-0.25, -0.2) is 0 Å². The quantitative estimate of drug-likeness (QED) is 0.587. The largest absolute Gasteiger partial charge is 0.385 e. The Morgan fingerprint density at radius 3 is 2.38 bits per heavy atom. The summed E-state index contributed by atoms with van der Waals surface area (Å²) in [5.74, 6) is 0.544. The zero-order valence-electron chi connectivity index (χ0n) is 9.08. The Morgan fingerprint density at radius 2 is 1.85 bits per heavy atom. The highest BCUT2D eigenvalue weighted by molar-refractivity contribution is 4.62. The minimum atomic E-state index is 0.266. The minimum Gasteiger partial charge on any atom is -0.385 e. The fraction of sp³-hybridized carbons (Fsp3) is 1.00. The van der Waals surface area contributed by atoms with Gasteiger partial charge >= 0.3 is 0 Å². The van der Waals surface area contributed by atoms with E-state index in [9.17, 15) is 0 Å². The molecule has 0 heterocycles. The van der Waals surface area contributed by atoms with Gasteiger partial charge in [0.15, 0.2) is 0 Å². The van der Waals surface area contributed by atoms with Crippen molar-refractivity contribution in [3.05, 3.63) is 0 Å². The van der Waals surface area contributed by atoms with E-state index in [4.69, 9.17) is 15.2 Å². The number of ether oxygens (including phenoxy) is 2. The topological polar surface area (TPSA) is 44.5 Å². The Bertz CT molecular complexity index is 107. The third-order valence-corrected chi connectivity index (χ3v) is 2.25. The maximum absolute atomic E-state index is 5.72. The molecule has 0 aliphatic heterocycles. The lowest BCUT2D eigenvalue weighted by Crippen LogP contribution is -2.25. The zero-order valence-corrected chi connectivity index (χ0v) is 9.08. The molecule has 0 amide bonds. The number of hydrogen-bond acceptors (Lipinski definition) is 3. The van der Waals surface area contributed by atoms with E-state index in [0.717, 1.165) is 32.7 Å². The molecule has 0 rings (SSSR count). The van der Waals surface area contributed by atoms with Crippen molar-refractivity contribution in [2.75, 3.05) is 26.9 Å². The molecule has 0 spiro atoms. The molecule has 0 bridgehead atoms. The van der Waals surface area contributed by atoms with E-state index in [-0.39, 0.29) is 6.04 Å². The van der Waals surface area contributed by atoms with Gasteiger partial charge in [-0.1, -0.05) is 6.92 Å². The molecule has 0 saturated carbocycles. The van der Waals surface area contributed by atoms with Gasteiger partial charge in [0, 0.05) is 33.0 Å². The molecule has 0 saturated heterocycles. The van der Waals surface area contributed by atoms with Crippen molar-refractivity contribution < 1.29 is 9.47 Å². The van der Waals surface area contributed by atoms with Crippen molar-refractivity contribution in [3.63, 3.8) is 0 Å². The van der Waals surface area contributed by atoms with Crippen LogP contribution >= 0.6 is 0 Å². The maximum atomic E-state index is 5.72. The van der Waals surface area contributed by atoms with E-state index in [1.807, 2.05) is 6.92 Å². The van der Waals surface area contributed by atoms with E-state index in [1.54, 1.807) is 7.11 Å². The number of hydrogen-bond donors (Lipinski definition) is 1. The second-order valence-electron chi connectivity index (χ2n) is 3.58. The molecular formula is C10H23NO2. The van der Waals surface area contributed by atoms with Crippen molar-refractivity contribution in [3.8, 4) is 0 Å². The molecule has 0 aromatic carbocycles. The van der Waals surface area contributed by atoms with Gasteiger partial charge in [-0.15, -0.1) is 0 Å². The van der Waals surface area contributed by atoms with Crippen molar-refractivity contribution in [1.29, 1.82) is 0 Å². The lowest BCUT2D eigenvalue weighted by molar-refractivity contribution is 0.0934. The first-order chi connectivity index (χ1) is 6.18. The van der Waals surface area contributed by atoms with Crippen LogP contribution in [0.1, 0.15) is 26.7 Å².